The van der Waals surface area contributed by atoms with Gasteiger partial charge in [-0.15, -0.1) is 0 Å². The minimum atomic E-state index is -1.18. The number of fused-ring (bicyclic) bond motifs is 1. The Balaban J connectivity index is 1.68. The molecule has 1 aliphatic heterocycles. The molecular formula is C25H25F2N5O4. The van der Waals surface area contributed by atoms with Crippen LogP contribution in [0.3, 0.4) is 0 Å². The number of pyridine rings is 1. The van der Waals surface area contributed by atoms with Crippen molar-refractivity contribution in [3.63, 3.8) is 0 Å². The first-order valence-electron chi connectivity index (χ1n) is 10.8. The minimum absolute atomic E-state index is 0.0679. The summed E-state index contributed by atoms with van der Waals surface area (Å²) in [5.41, 5.74) is 5.71. The number of rotatable bonds is 4. The average Bonchev–Trinajstić information content (AvgIpc) is 2.93. The molecule has 0 saturated carbocycles. The molecule has 0 saturated heterocycles. The lowest BCUT2D eigenvalue weighted by Crippen LogP contribution is -2.48. The van der Waals surface area contributed by atoms with E-state index in [1.807, 2.05) is 0 Å². The highest BCUT2D eigenvalue weighted by molar-refractivity contribution is 6.01. The van der Waals surface area contributed by atoms with Gasteiger partial charge < -0.3 is 25.8 Å². The van der Waals surface area contributed by atoms with Gasteiger partial charge in [0.2, 0.25) is 11.9 Å². The summed E-state index contributed by atoms with van der Waals surface area (Å²) >= 11 is 0. The summed E-state index contributed by atoms with van der Waals surface area (Å²) in [6, 6.07) is 5.33. The molecular weight excluding hydrogens is 472 g/mol. The highest BCUT2D eigenvalue weighted by atomic mass is 19.1. The minimum Gasteiger partial charge on any atom is -0.489 e. The second-order valence-electron chi connectivity index (χ2n) is 8.46. The second-order valence-corrected chi connectivity index (χ2v) is 8.46. The normalized spacial score (nSPS) is 16.1. The predicted molar refractivity (Wildman–Crippen MR) is 129 cm³/mol. The topological polar surface area (TPSA) is 130 Å². The molecule has 1 unspecified atom stereocenters. The van der Waals surface area contributed by atoms with Crippen LogP contribution in [-0.2, 0) is 11.2 Å². The quantitative estimate of drug-likeness (QED) is 0.337. The monoisotopic (exact) mass is 497 g/mol. The lowest BCUT2D eigenvalue weighted by molar-refractivity contribution is -0.120. The first-order valence-corrected chi connectivity index (χ1v) is 10.8. The van der Waals surface area contributed by atoms with Crippen LogP contribution in [-0.4, -0.2) is 53.5 Å². The first kappa shape index (κ1) is 26.3. The van der Waals surface area contributed by atoms with Crippen LogP contribution in [0.25, 0.3) is 0 Å². The molecule has 0 aliphatic carbocycles. The van der Waals surface area contributed by atoms with Gasteiger partial charge in [0.15, 0.2) is 0 Å². The van der Waals surface area contributed by atoms with Crippen molar-refractivity contribution in [1.82, 2.24) is 10.3 Å². The number of carbonyl (C=O) groups is 2. The van der Waals surface area contributed by atoms with Gasteiger partial charge in [-0.2, -0.15) is 13.8 Å². The number of benzene rings is 1. The zero-order chi connectivity index (χ0) is 26.5. The molecule has 2 heterocycles. The molecule has 1 aliphatic rings. The van der Waals surface area contributed by atoms with Gasteiger partial charge in [0.05, 0.1) is 5.69 Å². The van der Waals surface area contributed by atoms with Crippen molar-refractivity contribution in [2.75, 3.05) is 18.6 Å². The Kier molecular flexibility index (Phi) is 8.01. The first-order chi connectivity index (χ1) is 17.0. The number of allylic oxidation sites excluding steroid dienone is 1. The summed E-state index contributed by atoms with van der Waals surface area (Å²) in [5.74, 6) is 3.57. The number of aliphatic hydroxyl groups is 1. The van der Waals surface area contributed by atoms with Crippen LogP contribution in [0.2, 0.25) is 0 Å². The molecule has 188 valence electrons. The van der Waals surface area contributed by atoms with Crippen LogP contribution >= 0.6 is 0 Å². The van der Waals surface area contributed by atoms with E-state index in [0.717, 1.165) is 18.5 Å². The number of hydrogen-bond donors (Lipinski definition) is 3. The third-order valence-electron chi connectivity index (χ3n) is 5.01. The van der Waals surface area contributed by atoms with Gasteiger partial charge in [0.25, 0.3) is 5.91 Å². The van der Waals surface area contributed by atoms with E-state index in [2.05, 4.69) is 27.1 Å². The van der Waals surface area contributed by atoms with Crippen molar-refractivity contribution in [2.45, 2.75) is 31.9 Å². The molecule has 36 heavy (non-hydrogen) atoms. The number of nitrogens with zero attached hydrogens (tertiary/aromatic N) is 3. The van der Waals surface area contributed by atoms with Crippen molar-refractivity contribution in [3.8, 4) is 17.6 Å². The Morgan fingerprint density at radius 2 is 2.14 bits per heavy atom. The number of carbonyl (C=O) groups excluding carboxylic acids is 2. The van der Waals surface area contributed by atoms with Gasteiger partial charge in [-0.05, 0) is 56.0 Å². The van der Waals surface area contributed by atoms with Gasteiger partial charge >= 0.3 is 6.03 Å². The van der Waals surface area contributed by atoms with Crippen LogP contribution < -0.4 is 20.7 Å². The van der Waals surface area contributed by atoms with E-state index >= 15 is 0 Å². The molecule has 9 nitrogen and oxygen atoms in total. The number of urea groups is 1. The fourth-order valence-corrected chi connectivity index (χ4v) is 3.17. The SMILES string of the molecule is CN1C(=O)C(NC(=O)/N=C/C(=C\N)Cc2ccc(F)nc2F)COc2ccc(C#CC(C)(C)O)cc21. The van der Waals surface area contributed by atoms with Gasteiger partial charge in [0.1, 0.15) is 24.0 Å². The highest BCUT2D eigenvalue weighted by Crippen LogP contribution is 2.31. The van der Waals surface area contributed by atoms with E-state index in [0.29, 0.717) is 17.0 Å². The van der Waals surface area contributed by atoms with Gasteiger partial charge in [-0.1, -0.05) is 11.8 Å². The number of anilines is 1. The second kappa shape index (κ2) is 11.0. The molecule has 0 spiro atoms. The number of likely N-dealkylation sites (N-methyl/N-ethyl adjacent to an activating group) is 1. The maximum absolute atomic E-state index is 13.8. The Morgan fingerprint density at radius 1 is 1.39 bits per heavy atom. The Labute approximate surface area is 206 Å². The third-order valence-corrected chi connectivity index (χ3v) is 5.01. The van der Waals surface area contributed by atoms with Crippen molar-refractivity contribution in [1.29, 1.82) is 0 Å². The lowest BCUT2D eigenvalue weighted by atomic mass is 10.1. The number of halogens is 2. The Hall–Kier alpha value is -4.30. The molecule has 0 fully saturated rings. The van der Waals surface area contributed by atoms with Crippen molar-refractivity contribution < 1.29 is 28.2 Å². The summed E-state index contributed by atoms with van der Waals surface area (Å²) in [6.07, 6.45) is 2.17. The maximum atomic E-state index is 13.8. The fraction of sp³-hybridized carbons (Fsp3) is 0.280. The van der Waals surface area contributed by atoms with E-state index in [4.69, 9.17) is 10.5 Å². The standard InChI is InChI=1S/C25H25F2N5O4/c1-25(2,35)9-8-15-4-6-20-19(11-15)32(3)23(33)18(14-36-20)30-24(34)29-13-16(12-28)10-17-5-7-21(26)31-22(17)27/h4-7,11-13,18,35H,10,14,28H2,1-3H3,(H,30,34)/b16-12-,29-13+. The number of nitrogens with one attached hydrogen (secondary N) is 1. The third kappa shape index (κ3) is 6.86. The molecule has 0 radical (unpaired) electrons. The molecule has 1 atom stereocenters. The lowest BCUT2D eigenvalue weighted by Gasteiger charge is -2.19. The van der Waals surface area contributed by atoms with Gasteiger partial charge in [0, 0.05) is 30.8 Å². The van der Waals surface area contributed by atoms with Crippen LogP contribution in [0.4, 0.5) is 19.3 Å². The molecule has 4 N–H and O–H groups in total. The van der Waals surface area contributed by atoms with E-state index in [9.17, 15) is 23.5 Å². The van der Waals surface area contributed by atoms with E-state index in [1.54, 1.807) is 32.0 Å². The molecule has 11 heteroatoms. The molecule has 1 aromatic carbocycles. The zero-order valence-corrected chi connectivity index (χ0v) is 19.9. The largest absolute Gasteiger partial charge is 0.489 e. The summed E-state index contributed by atoms with van der Waals surface area (Å²) in [5, 5.41) is 12.3. The molecule has 2 aromatic rings. The molecule has 3 rings (SSSR count). The Bertz CT molecular complexity index is 1290. The fourth-order valence-electron chi connectivity index (χ4n) is 3.17. The Morgan fingerprint density at radius 3 is 2.81 bits per heavy atom. The smallest absolute Gasteiger partial charge is 0.341 e. The number of amides is 3. The van der Waals surface area contributed by atoms with Crippen LogP contribution in [0.5, 0.6) is 5.75 Å². The van der Waals surface area contributed by atoms with Gasteiger partial charge in [-0.3, -0.25) is 4.79 Å². The van der Waals surface area contributed by atoms with E-state index in [1.165, 1.54) is 18.0 Å². The number of nitrogens with two attached hydrogens (primary N) is 1. The molecule has 0 bridgehead atoms. The van der Waals surface area contributed by atoms with Crippen molar-refractivity contribution in [3.05, 3.63) is 65.1 Å². The van der Waals surface area contributed by atoms with Crippen LogP contribution in [0.15, 0.2) is 47.1 Å². The number of ether oxygens (including phenoxy) is 1. The molecule has 3 amide bonds. The van der Waals surface area contributed by atoms with Crippen molar-refractivity contribution in [2.24, 2.45) is 10.7 Å². The van der Waals surface area contributed by atoms with Gasteiger partial charge in [-0.25, -0.2) is 9.79 Å². The average molecular weight is 498 g/mol. The summed E-state index contributed by atoms with van der Waals surface area (Å²) in [4.78, 5) is 33.5. The summed E-state index contributed by atoms with van der Waals surface area (Å²) in [7, 11) is 1.53. The van der Waals surface area contributed by atoms with E-state index in [-0.39, 0.29) is 24.2 Å². The molecule has 1 aromatic heterocycles. The maximum Gasteiger partial charge on any atom is 0.341 e. The zero-order valence-electron chi connectivity index (χ0n) is 19.9. The van der Waals surface area contributed by atoms with Crippen LogP contribution in [0, 0.1) is 23.7 Å². The van der Waals surface area contributed by atoms with Crippen LogP contribution in [0.1, 0.15) is 25.0 Å². The summed E-state index contributed by atoms with van der Waals surface area (Å²) in [6.45, 7) is 2.98. The highest BCUT2D eigenvalue weighted by Gasteiger charge is 2.30. The van der Waals surface area contributed by atoms with Crippen molar-refractivity contribution >= 4 is 23.8 Å². The van der Waals surface area contributed by atoms with E-state index < -0.39 is 35.5 Å². The number of aromatic nitrogens is 1. The predicted octanol–water partition coefficient (Wildman–Crippen LogP) is 2.07. The number of hydrogen-bond acceptors (Lipinski definition) is 6. The summed E-state index contributed by atoms with van der Waals surface area (Å²) < 4.78 is 32.5. The number of aliphatic imine (C=N–C) groups is 1.